The Kier molecular flexibility index (Phi) is 4.43. The number of carboxylic acids is 1. The molecule has 2 fully saturated rings. The van der Waals surface area contributed by atoms with Crippen LogP contribution in [0.2, 0.25) is 0 Å². The van der Waals surface area contributed by atoms with Gasteiger partial charge in [0.15, 0.2) is 0 Å². The van der Waals surface area contributed by atoms with E-state index in [-0.39, 0.29) is 12.0 Å². The summed E-state index contributed by atoms with van der Waals surface area (Å²) in [5.41, 5.74) is 1.86. The zero-order valence-corrected chi connectivity index (χ0v) is 14.6. The van der Waals surface area contributed by atoms with E-state index >= 15 is 0 Å². The second kappa shape index (κ2) is 6.08. The van der Waals surface area contributed by atoms with Gasteiger partial charge in [-0.25, -0.2) is 4.79 Å². The molecule has 6 atom stereocenters. The van der Waals surface area contributed by atoms with Gasteiger partial charge in [0, 0.05) is 17.6 Å². The Balaban J connectivity index is 1.82. The topological polar surface area (TPSA) is 57.5 Å². The first-order valence-electron chi connectivity index (χ1n) is 9.10. The average Bonchev–Trinajstić information content (AvgIpc) is 2.51. The van der Waals surface area contributed by atoms with E-state index in [1.165, 1.54) is 24.8 Å². The van der Waals surface area contributed by atoms with Crippen LogP contribution in [0.1, 0.15) is 52.9 Å². The average molecular weight is 318 g/mol. The standard InChI is InChI=1S/C20H30O3/c1-12-7-9-16-17-15(12)8-6-13(2)18(17)20(16,11-21)10-4-5-14(3)19(22)23/h5-6,12,15-18,21H,4,7-11H2,1-3H3,(H,22,23). The number of rotatable bonds is 5. The van der Waals surface area contributed by atoms with Crippen LogP contribution in [0.3, 0.4) is 0 Å². The maximum Gasteiger partial charge on any atom is 0.330 e. The highest BCUT2D eigenvalue weighted by atomic mass is 16.4. The molecule has 0 aromatic rings. The number of aliphatic carboxylic acids is 1. The molecule has 128 valence electrons. The van der Waals surface area contributed by atoms with Crippen LogP contribution in [0.25, 0.3) is 0 Å². The lowest BCUT2D eigenvalue weighted by atomic mass is 9.36. The lowest BCUT2D eigenvalue weighted by molar-refractivity contribution is -0.194. The third kappa shape index (κ3) is 2.48. The molecule has 3 aliphatic rings. The molecule has 0 heterocycles. The molecule has 0 saturated heterocycles. The second-order valence-corrected chi connectivity index (χ2v) is 8.19. The van der Waals surface area contributed by atoms with E-state index in [0.717, 1.165) is 30.6 Å². The van der Waals surface area contributed by atoms with E-state index in [1.54, 1.807) is 6.92 Å². The lowest BCUT2D eigenvalue weighted by Gasteiger charge is -2.68. The maximum atomic E-state index is 11.0. The summed E-state index contributed by atoms with van der Waals surface area (Å²) in [5.74, 6) is 2.64. The molecular weight excluding hydrogens is 288 g/mol. The lowest BCUT2D eigenvalue weighted by Crippen LogP contribution is -2.64. The molecule has 0 spiro atoms. The molecule has 2 N–H and O–H groups in total. The fourth-order valence-corrected chi connectivity index (χ4v) is 6.05. The summed E-state index contributed by atoms with van der Waals surface area (Å²) in [4.78, 5) is 11.0. The Morgan fingerprint density at radius 2 is 2.17 bits per heavy atom. The van der Waals surface area contributed by atoms with Crippen molar-refractivity contribution >= 4 is 5.97 Å². The normalized spacial score (nSPS) is 42.5. The van der Waals surface area contributed by atoms with E-state index in [0.29, 0.717) is 17.4 Å². The number of hydrogen-bond donors (Lipinski definition) is 2. The summed E-state index contributed by atoms with van der Waals surface area (Å²) in [5, 5.41) is 19.3. The molecule has 3 aliphatic carbocycles. The summed E-state index contributed by atoms with van der Waals surface area (Å²) in [7, 11) is 0. The van der Waals surface area contributed by atoms with Gasteiger partial charge in [0.25, 0.3) is 0 Å². The van der Waals surface area contributed by atoms with Crippen molar-refractivity contribution in [3.63, 3.8) is 0 Å². The van der Waals surface area contributed by atoms with Gasteiger partial charge in [0.1, 0.15) is 0 Å². The van der Waals surface area contributed by atoms with Crippen LogP contribution in [0.5, 0.6) is 0 Å². The number of carbonyl (C=O) groups is 1. The largest absolute Gasteiger partial charge is 0.478 e. The van der Waals surface area contributed by atoms with Gasteiger partial charge < -0.3 is 10.2 Å². The van der Waals surface area contributed by atoms with Gasteiger partial charge in [-0.3, -0.25) is 0 Å². The zero-order valence-electron chi connectivity index (χ0n) is 14.6. The highest BCUT2D eigenvalue weighted by Gasteiger charge is 2.65. The Labute approximate surface area is 139 Å². The van der Waals surface area contributed by atoms with Crippen molar-refractivity contribution in [1.29, 1.82) is 0 Å². The highest BCUT2D eigenvalue weighted by molar-refractivity contribution is 5.85. The van der Waals surface area contributed by atoms with Crippen molar-refractivity contribution in [2.24, 2.45) is 35.0 Å². The predicted molar refractivity (Wildman–Crippen MR) is 90.9 cm³/mol. The van der Waals surface area contributed by atoms with E-state index in [9.17, 15) is 9.90 Å². The number of aliphatic hydroxyl groups excluding tert-OH is 1. The highest BCUT2D eigenvalue weighted by Crippen LogP contribution is 2.69. The van der Waals surface area contributed by atoms with Crippen molar-refractivity contribution in [1.82, 2.24) is 0 Å². The molecule has 23 heavy (non-hydrogen) atoms. The van der Waals surface area contributed by atoms with Crippen LogP contribution >= 0.6 is 0 Å². The fourth-order valence-electron chi connectivity index (χ4n) is 6.05. The van der Waals surface area contributed by atoms with Crippen molar-refractivity contribution in [3.8, 4) is 0 Å². The van der Waals surface area contributed by atoms with Gasteiger partial charge in [-0.05, 0) is 69.1 Å². The molecule has 6 unspecified atom stereocenters. The molecular formula is C20H30O3. The van der Waals surface area contributed by atoms with Crippen molar-refractivity contribution in [2.45, 2.75) is 52.9 Å². The van der Waals surface area contributed by atoms with Gasteiger partial charge in [-0.2, -0.15) is 0 Å². The van der Waals surface area contributed by atoms with Crippen LogP contribution < -0.4 is 0 Å². The summed E-state index contributed by atoms with van der Waals surface area (Å²) < 4.78 is 0. The summed E-state index contributed by atoms with van der Waals surface area (Å²) in [6.07, 6.45) is 9.62. The molecule has 2 saturated carbocycles. The van der Waals surface area contributed by atoms with Crippen molar-refractivity contribution in [3.05, 3.63) is 23.3 Å². The third-order valence-electron chi connectivity index (χ3n) is 7.26. The Bertz CT molecular complexity index is 547. The van der Waals surface area contributed by atoms with E-state index in [1.807, 2.05) is 6.08 Å². The molecule has 3 rings (SSSR count). The van der Waals surface area contributed by atoms with Crippen LogP contribution in [-0.4, -0.2) is 22.8 Å². The van der Waals surface area contributed by atoms with Gasteiger partial charge in [-0.15, -0.1) is 0 Å². The minimum absolute atomic E-state index is 0.0145. The summed E-state index contributed by atoms with van der Waals surface area (Å²) >= 11 is 0. The Hall–Kier alpha value is -1.09. The number of hydrogen-bond acceptors (Lipinski definition) is 2. The minimum Gasteiger partial charge on any atom is -0.478 e. The Morgan fingerprint density at radius 1 is 1.43 bits per heavy atom. The summed E-state index contributed by atoms with van der Waals surface area (Å²) in [6, 6.07) is 0. The number of carboxylic acid groups (broad SMARTS) is 1. The predicted octanol–water partition coefficient (Wildman–Crippen LogP) is 4.03. The fraction of sp³-hybridized carbons (Fsp3) is 0.750. The van der Waals surface area contributed by atoms with E-state index < -0.39 is 5.97 Å². The van der Waals surface area contributed by atoms with Crippen LogP contribution in [0.4, 0.5) is 0 Å². The van der Waals surface area contributed by atoms with E-state index in [4.69, 9.17) is 5.11 Å². The number of aliphatic hydroxyl groups is 1. The zero-order chi connectivity index (χ0) is 16.8. The van der Waals surface area contributed by atoms with Gasteiger partial charge in [0.2, 0.25) is 0 Å². The first-order valence-corrected chi connectivity index (χ1v) is 9.10. The second-order valence-electron chi connectivity index (χ2n) is 8.19. The first-order chi connectivity index (χ1) is 10.9. The van der Waals surface area contributed by atoms with Gasteiger partial charge in [-0.1, -0.05) is 31.1 Å². The van der Waals surface area contributed by atoms with E-state index in [2.05, 4.69) is 19.9 Å². The van der Waals surface area contributed by atoms with Gasteiger partial charge in [0.05, 0.1) is 0 Å². The van der Waals surface area contributed by atoms with Gasteiger partial charge >= 0.3 is 5.97 Å². The molecule has 0 aliphatic heterocycles. The monoisotopic (exact) mass is 318 g/mol. The molecule has 3 heteroatoms. The molecule has 3 nitrogen and oxygen atoms in total. The minimum atomic E-state index is -0.838. The maximum absolute atomic E-state index is 11.0. The molecule has 0 aromatic heterocycles. The number of allylic oxidation sites excluding steroid dienone is 3. The van der Waals surface area contributed by atoms with Crippen LogP contribution in [0.15, 0.2) is 23.3 Å². The quantitative estimate of drug-likeness (QED) is 0.594. The third-order valence-corrected chi connectivity index (χ3v) is 7.26. The molecule has 0 radical (unpaired) electrons. The van der Waals surface area contributed by atoms with Crippen LogP contribution in [0, 0.1) is 35.0 Å². The summed E-state index contributed by atoms with van der Waals surface area (Å²) in [6.45, 7) is 6.52. The SMILES string of the molecule is CC(=CCCC1(CO)C2CCC(C)C3CC=C(C)C1C32)C(=O)O. The van der Waals surface area contributed by atoms with Crippen LogP contribution in [-0.2, 0) is 4.79 Å². The smallest absolute Gasteiger partial charge is 0.330 e. The molecule has 0 aromatic carbocycles. The van der Waals surface area contributed by atoms with Crippen molar-refractivity contribution < 1.29 is 15.0 Å². The molecule has 0 amide bonds. The molecule has 0 bridgehead atoms. The first kappa shape index (κ1) is 16.8. The van der Waals surface area contributed by atoms with Crippen molar-refractivity contribution in [2.75, 3.05) is 6.61 Å². The Morgan fingerprint density at radius 3 is 2.83 bits per heavy atom.